The van der Waals surface area contributed by atoms with Gasteiger partial charge in [-0.05, 0) is 18.6 Å². The highest BCUT2D eigenvalue weighted by molar-refractivity contribution is 7.89. The van der Waals surface area contributed by atoms with Gasteiger partial charge in [-0.3, -0.25) is 0 Å². The zero-order valence-electron chi connectivity index (χ0n) is 10.4. The Balaban J connectivity index is 3.05. The Morgan fingerprint density at radius 3 is 2.61 bits per heavy atom. The van der Waals surface area contributed by atoms with Crippen molar-refractivity contribution in [3.8, 4) is 5.75 Å². The predicted octanol–water partition coefficient (Wildman–Crippen LogP) is 0.327. The summed E-state index contributed by atoms with van der Waals surface area (Å²) in [7, 11) is -2.26. The third-order valence-corrected chi connectivity index (χ3v) is 4.14. The Morgan fingerprint density at radius 1 is 1.50 bits per heavy atom. The molecule has 1 unspecified atom stereocenters. The van der Waals surface area contributed by atoms with E-state index in [2.05, 4.69) is 4.72 Å². The van der Waals surface area contributed by atoms with Crippen molar-refractivity contribution in [3.63, 3.8) is 0 Å². The fraction of sp³-hybridized carbons (Fsp3) is 0.455. The van der Waals surface area contributed by atoms with Crippen LogP contribution in [0.1, 0.15) is 13.3 Å². The molecule has 0 spiro atoms. The SMILES string of the molecule is CCC(CO)NS(=O)(=O)c1ccc(OC)cc1N. The number of ether oxygens (including phenoxy) is 1. The molecule has 6 nitrogen and oxygen atoms in total. The van der Waals surface area contributed by atoms with Gasteiger partial charge < -0.3 is 15.6 Å². The molecule has 1 rings (SSSR count). The Morgan fingerprint density at radius 2 is 2.17 bits per heavy atom. The topological polar surface area (TPSA) is 102 Å². The monoisotopic (exact) mass is 274 g/mol. The van der Waals surface area contributed by atoms with Crippen LogP contribution in [-0.2, 0) is 10.0 Å². The van der Waals surface area contributed by atoms with Crippen molar-refractivity contribution < 1.29 is 18.3 Å². The summed E-state index contributed by atoms with van der Waals surface area (Å²) in [5, 5.41) is 9.01. The van der Waals surface area contributed by atoms with E-state index in [1.165, 1.54) is 25.3 Å². The molecule has 1 aromatic rings. The molecule has 0 aromatic heterocycles. The van der Waals surface area contributed by atoms with E-state index in [0.717, 1.165) is 0 Å². The summed E-state index contributed by atoms with van der Waals surface area (Å²) in [6.07, 6.45) is 0.492. The first-order valence-corrected chi connectivity index (χ1v) is 6.99. The number of hydrogen-bond acceptors (Lipinski definition) is 5. The maximum Gasteiger partial charge on any atom is 0.242 e. The van der Waals surface area contributed by atoms with E-state index in [-0.39, 0.29) is 17.2 Å². The summed E-state index contributed by atoms with van der Waals surface area (Å²) < 4.78 is 31.4. The molecule has 102 valence electrons. The van der Waals surface area contributed by atoms with Crippen molar-refractivity contribution in [3.05, 3.63) is 18.2 Å². The van der Waals surface area contributed by atoms with Crippen molar-refractivity contribution >= 4 is 15.7 Å². The third-order valence-electron chi connectivity index (χ3n) is 2.54. The van der Waals surface area contributed by atoms with E-state index in [9.17, 15) is 8.42 Å². The molecule has 4 N–H and O–H groups in total. The molecule has 1 atom stereocenters. The van der Waals surface area contributed by atoms with Crippen LogP contribution in [0.25, 0.3) is 0 Å². The Bertz CT molecular complexity index is 498. The first-order chi connectivity index (χ1) is 8.44. The number of aliphatic hydroxyl groups excluding tert-OH is 1. The van der Waals surface area contributed by atoms with Gasteiger partial charge in [0.1, 0.15) is 10.6 Å². The van der Waals surface area contributed by atoms with Gasteiger partial charge in [0.05, 0.1) is 19.4 Å². The minimum Gasteiger partial charge on any atom is -0.497 e. The van der Waals surface area contributed by atoms with Gasteiger partial charge in [0.25, 0.3) is 0 Å². The molecule has 0 aliphatic carbocycles. The lowest BCUT2D eigenvalue weighted by molar-refractivity contribution is 0.254. The summed E-state index contributed by atoms with van der Waals surface area (Å²) in [4.78, 5) is -0.0183. The average Bonchev–Trinajstić information content (AvgIpc) is 2.35. The number of anilines is 1. The lowest BCUT2D eigenvalue weighted by Gasteiger charge is -2.15. The van der Waals surface area contributed by atoms with Gasteiger partial charge in [0.2, 0.25) is 10.0 Å². The summed E-state index contributed by atoms with van der Waals surface area (Å²) in [6, 6.07) is 3.82. The van der Waals surface area contributed by atoms with Crippen molar-refractivity contribution in [1.29, 1.82) is 0 Å². The highest BCUT2D eigenvalue weighted by atomic mass is 32.2. The number of nitrogens with two attached hydrogens (primary N) is 1. The Hall–Kier alpha value is -1.31. The number of hydrogen-bond donors (Lipinski definition) is 3. The molecule has 0 aliphatic rings. The van der Waals surface area contributed by atoms with Crippen LogP contribution in [0.2, 0.25) is 0 Å². The van der Waals surface area contributed by atoms with E-state index < -0.39 is 16.1 Å². The number of nitrogens with one attached hydrogen (secondary N) is 1. The molecule has 7 heteroatoms. The van der Waals surface area contributed by atoms with Gasteiger partial charge in [0, 0.05) is 12.1 Å². The molecule has 0 saturated carbocycles. The second kappa shape index (κ2) is 6.03. The van der Waals surface area contributed by atoms with Crippen LogP contribution >= 0.6 is 0 Å². The minimum atomic E-state index is -3.73. The van der Waals surface area contributed by atoms with E-state index in [1.807, 2.05) is 0 Å². The second-order valence-corrected chi connectivity index (χ2v) is 5.50. The fourth-order valence-corrected chi connectivity index (χ4v) is 2.85. The molecule has 0 aliphatic heterocycles. The first-order valence-electron chi connectivity index (χ1n) is 5.51. The van der Waals surface area contributed by atoms with Crippen molar-refractivity contribution in [2.24, 2.45) is 0 Å². The number of nitrogen functional groups attached to an aromatic ring is 1. The number of rotatable bonds is 6. The van der Waals surface area contributed by atoms with Gasteiger partial charge in [-0.1, -0.05) is 6.92 Å². The number of sulfonamides is 1. The molecule has 0 amide bonds. The molecule has 0 saturated heterocycles. The van der Waals surface area contributed by atoms with Crippen LogP contribution in [-0.4, -0.2) is 33.3 Å². The number of aliphatic hydroxyl groups is 1. The van der Waals surface area contributed by atoms with Gasteiger partial charge in [-0.25, -0.2) is 13.1 Å². The molecular formula is C11H18N2O4S. The minimum absolute atomic E-state index is 0.0183. The maximum absolute atomic E-state index is 12.0. The van der Waals surface area contributed by atoms with Crippen LogP contribution in [0.3, 0.4) is 0 Å². The lowest BCUT2D eigenvalue weighted by Crippen LogP contribution is -2.37. The molecule has 1 aromatic carbocycles. The summed E-state index contributed by atoms with van der Waals surface area (Å²) in [5.41, 5.74) is 5.79. The zero-order chi connectivity index (χ0) is 13.8. The maximum atomic E-state index is 12.0. The largest absolute Gasteiger partial charge is 0.497 e. The fourth-order valence-electron chi connectivity index (χ4n) is 1.43. The van der Waals surface area contributed by atoms with Crippen LogP contribution < -0.4 is 15.2 Å². The summed E-state index contributed by atoms with van der Waals surface area (Å²) in [6.45, 7) is 1.52. The highest BCUT2D eigenvalue weighted by Crippen LogP contribution is 2.23. The van der Waals surface area contributed by atoms with E-state index in [1.54, 1.807) is 6.92 Å². The standard InChI is InChI=1S/C11H18N2O4S/c1-3-8(7-14)13-18(15,16)11-5-4-9(17-2)6-10(11)12/h4-6,8,13-14H,3,7,12H2,1-2H3. The van der Waals surface area contributed by atoms with E-state index in [4.69, 9.17) is 15.6 Å². The molecule has 0 fully saturated rings. The van der Waals surface area contributed by atoms with E-state index >= 15 is 0 Å². The average molecular weight is 274 g/mol. The number of benzene rings is 1. The van der Waals surface area contributed by atoms with Crippen LogP contribution in [0.4, 0.5) is 5.69 Å². The molecule has 0 radical (unpaired) electrons. The van der Waals surface area contributed by atoms with Gasteiger partial charge in [-0.2, -0.15) is 0 Å². The van der Waals surface area contributed by atoms with Crippen LogP contribution in [0.5, 0.6) is 5.75 Å². The van der Waals surface area contributed by atoms with Gasteiger partial charge in [-0.15, -0.1) is 0 Å². The van der Waals surface area contributed by atoms with Gasteiger partial charge >= 0.3 is 0 Å². The van der Waals surface area contributed by atoms with Crippen molar-refractivity contribution in [1.82, 2.24) is 4.72 Å². The zero-order valence-corrected chi connectivity index (χ0v) is 11.2. The first kappa shape index (κ1) is 14.7. The lowest BCUT2D eigenvalue weighted by atomic mass is 10.3. The Kier molecular flexibility index (Phi) is 4.94. The quantitative estimate of drug-likeness (QED) is 0.649. The smallest absolute Gasteiger partial charge is 0.242 e. The second-order valence-electron chi connectivity index (χ2n) is 3.81. The highest BCUT2D eigenvalue weighted by Gasteiger charge is 2.21. The Labute approximate surface area is 107 Å². The summed E-state index contributed by atoms with van der Waals surface area (Å²) >= 11 is 0. The van der Waals surface area contributed by atoms with Crippen molar-refractivity contribution in [2.45, 2.75) is 24.3 Å². The predicted molar refractivity (Wildman–Crippen MR) is 68.9 cm³/mol. The van der Waals surface area contributed by atoms with Crippen LogP contribution in [0.15, 0.2) is 23.1 Å². The summed E-state index contributed by atoms with van der Waals surface area (Å²) in [5.74, 6) is 0.487. The van der Waals surface area contributed by atoms with Gasteiger partial charge in [0.15, 0.2) is 0 Å². The normalized spacial score (nSPS) is 13.3. The molecule has 0 heterocycles. The van der Waals surface area contributed by atoms with Crippen molar-refractivity contribution in [2.75, 3.05) is 19.5 Å². The molecular weight excluding hydrogens is 256 g/mol. The van der Waals surface area contributed by atoms with E-state index in [0.29, 0.717) is 12.2 Å². The van der Waals surface area contributed by atoms with Crippen LogP contribution in [0, 0.1) is 0 Å². The molecule has 0 bridgehead atoms. The number of methoxy groups -OCH3 is 1. The molecule has 18 heavy (non-hydrogen) atoms. The third kappa shape index (κ3) is 3.34.